The van der Waals surface area contributed by atoms with Crippen LogP contribution >= 0.6 is 0 Å². The fourth-order valence-corrected chi connectivity index (χ4v) is 8.34. The Hall–Kier alpha value is -1.24. The van der Waals surface area contributed by atoms with Crippen LogP contribution in [0.3, 0.4) is 0 Å². The Morgan fingerprint density at radius 2 is 1.83 bits per heavy atom. The SMILES string of the molecule is C[C@]12CCC3[C@@H](CC[C@]4(O)C[C@@H](O)CC[C@]34C=O)[C@@]1(O)CCC2C1=CC(=O)OC1. The van der Waals surface area contributed by atoms with Gasteiger partial charge in [0.15, 0.2) is 0 Å². The summed E-state index contributed by atoms with van der Waals surface area (Å²) in [6.45, 7) is 2.46. The van der Waals surface area contributed by atoms with Crippen LogP contribution in [0.15, 0.2) is 11.6 Å². The maximum Gasteiger partial charge on any atom is 0.331 e. The van der Waals surface area contributed by atoms with Crippen molar-refractivity contribution in [2.24, 2.45) is 28.6 Å². The number of esters is 1. The lowest BCUT2D eigenvalue weighted by Gasteiger charge is -2.65. The molecule has 4 saturated carbocycles. The lowest BCUT2D eigenvalue weighted by Crippen LogP contribution is -2.68. The Labute approximate surface area is 171 Å². The van der Waals surface area contributed by atoms with Crippen LogP contribution in [-0.2, 0) is 14.3 Å². The van der Waals surface area contributed by atoms with E-state index in [1.807, 2.05) is 0 Å². The third kappa shape index (κ3) is 2.34. The summed E-state index contributed by atoms with van der Waals surface area (Å²) in [6.07, 6.45) is 7.36. The van der Waals surface area contributed by atoms with Gasteiger partial charge in [0, 0.05) is 17.9 Å². The molecule has 0 radical (unpaired) electrons. The standard InChI is InChI=1S/C23H32O6/c1-20-6-3-17-18(4-8-22(27)11-15(25)2-7-21(17,22)13-24)23(20,28)9-5-16(20)14-10-19(26)29-12-14/h10,13,15-18,25,27-28H,2-9,11-12H2,1H3/t15-,16?,17?,18+,20+,21-,22-,23-/m0/s1. The third-order valence-electron chi connectivity index (χ3n) is 9.85. The predicted octanol–water partition coefficient (Wildman–Crippen LogP) is 1.90. The minimum atomic E-state index is -1.18. The first-order chi connectivity index (χ1) is 13.7. The van der Waals surface area contributed by atoms with E-state index in [1.54, 1.807) is 6.08 Å². The second kappa shape index (κ2) is 6.14. The van der Waals surface area contributed by atoms with Gasteiger partial charge in [0.05, 0.1) is 22.7 Å². The van der Waals surface area contributed by atoms with Crippen molar-refractivity contribution in [1.29, 1.82) is 0 Å². The van der Waals surface area contributed by atoms with E-state index < -0.39 is 22.7 Å². The first kappa shape index (κ1) is 19.7. The second-order valence-corrected chi connectivity index (χ2v) is 10.6. The van der Waals surface area contributed by atoms with E-state index in [0.717, 1.165) is 31.1 Å². The van der Waals surface area contributed by atoms with Gasteiger partial charge in [0.25, 0.3) is 0 Å². The Morgan fingerprint density at radius 3 is 2.52 bits per heavy atom. The van der Waals surface area contributed by atoms with Gasteiger partial charge in [-0.15, -0.1) is 0 Å². The normalized spacial score (nSPS) is 54.1. The molecule has 0 spiro atoms. The van der Waals surface area contributed by atoms with E-state index in [-0.39, 0.29) is 35.6 Å². The van der Waals surface area contributed by atoms with Crippen molar-refractivity contribution in [2.75, 3.05) is 6.61 Å². The number of aliphatic hydroxyl groups is 3. The summed E-state index contributed by atoms with van der Waals surface area (Å²) in [5, 5.41) is 33.7. The molecule has 0 aromatic carbocycles. The van der Waals surface area contributed by atoms with Crippen molar-refractivity contribution < 1.29 is 29.6 Å². The number of cyclic esters (lactones) is 1. The summed E-state index contributed by atoms with van der Waals surface area (Å²) < 4.78 is 5.15. The molecule has 5 aliphatic rings. The van der Waals surface area contributed by atoms with Crippen LogP contribution in [0.2, 0.25) is 0 Å². The molecule has 0 aromatic heterocycles. The summed E-state index contributed by atoms with van der Waals surface area (Å²) in [5.74, 6) is -0.304. The molecule has 3 N–H and O–H groups in total. The second-order valence-electron chi connectivity index (χ2n) is 10.6. The topological polar surface area (TPSA) is 104 Å². The Morgan fingerprint density at radius 1 is 1.07 bits per heavy atom. The molecular weight excluding hydrogens is 372 g/mol. The number of hydrogen-bond acceptors (Lipinski definition) is 6. The molecule has 160 valence electrons. The fraction of sp³-hybridized carbons (Fsp3) is 0.826. The zero-order valence-corrected chi connectivity index (χ0v) is 17.1. The molecule has 29 heavy (non-hydrogen) atoms. The summed E-state index contributed by atoms with van der Waals surface area (Å²) >= 11 is 0. The van der Waals surface area contributed by atoms with E-state index in [1.165, 1.54) is 0 Å². The molecule has 6 heteroatoms. The number of ether oxygens (including phenoxy) is 1. The maximum atomic E-state index is 12.5. The number of rotatable bonds is 2. The highest BCUT2D eigenvalue weighted by Gasteiger charge is 2.71. The monoisotopic (exact) mass is 404 g/mol. The molecule has 4 aliphatic carbocycles. The molecule has 0 amide bonds. The molecule has 5 rings (SSSR count). The number of fused-ring (bicyclic) bond motifs is 5. The summed E-state index contributed by atoms with van der Waals surface area (Å²) in [5.41, 5.74) is -2.34. The van der Waals surface area contributed by atoms with Crippen LogP contribution in [-0.4, -0.2) is 51.5 Å². The van der Waals surface area contributed by atoms with Crippen LogP contribution in [0.25, 0.3) is 0 Å². The number of carbonyl (C=O) groups excluding carboxylic acids is 2. The predicted molar refractivity (Wildman–Crippen MR) is 104 cm³/mol. The molecule has 8 atom stereocenters. The summed E-state index contributed by atoms with van der Waals surface area (Å²) in [4.78, 5) is 24.1. The summed E-state index contributed by atoms with van der Waals surface area (Å²) in [7, 11) is 0. The molecule has 0 aromatic rings. The average Bonchev–Trinajstić information content (AvgIpc) is 3.21. The highest BCUT2D eigenvalue weighted by molar-refractivity contribution is 5.85. The average molecular weight is 405 g/mol. The molecule has 0 saturated heterocycles. The van der Waals surface area contributed by atoms with Gasteiger partial charge >= 0.3 is 5.97 Å². The molecule has 1 aliphatic heterocycles. The van der Waals surface area contributed by atoms with Gasteiger partial charge in [-0.3, -0.25) is 0 Å². The lowest BCUT2D eigenvalue weighted by molar-refractivity contribution is -0.248. The van der Waals surface area contributed by atoms with Crippen LogP contribution < -0.4 is 0 Å². The van der Waals surface area contributed by atoms with Gasteiger partial charge in [-0.1, -0.05) is 6.92 Å². The molecule has 0 bridgehead atoms. The first-order valence-corrected chi connectivity index (χ1v) is 11.2. The summed E-state index contributed by atoms with van der Waals surface area (Å²) in [6, 6.07) is 0. The van der Waals surface area contributed by atoms with Gasteiger partial charge in [0.1, 0.15) is 12.9 Å². The van der Waals surface area contributed by atoms with E-state index in [2.05, 4.69) is 6.92 Å². The zero-order valence-electron chi connectivity index (χ0n) is 17.1. The fourth-order valence-electron chi connectivity index (χ4n) is 8.34. The quantitative estimate of drug-likeness (QED) is 0.480. The van der Waals surface area contributed by atoms with Crippen molar-refractivity contribution in [3.63, 3.8) is 0 Å². The van der Waals surface area contributed by atoms with Crippen molar-refractivity contribution in [3.8, 4) is 0 Å². The van der Waals surface area contributed by atoms with Gasteiger partial charge in [-0.2, -0.15) is 0 Å². The van der Waals surface area contributed by atoms with Crippen LogP contribution in [0.4, 0.5) is 0 Å². The molecule has 4 fully saturated rings. The Balaban J connectivity index is 1.52. The first-order valence-electron chi connectivity index (χ1n) is 11.2. The van der Waals surface area contributed by atoms with E-state index in [9.17, 15) is 24.9 Å². The Bertz CT molecular complexity index is 777. The zero-order chi connectivity index (χ0) is 20.7. The van der Waals surface area contributed by atoms with E-state index in [0.29, 0.717) is 38.7 Å². The lowest BCUT2D eigenvalue weighted by atomic mass is 9.41. The van der Waals surface area contributed by atoms with Gasteiger partial charge in [-0.05, 0) is 74.7 Å². The van der Waals surface area contributed by atoms with Gasteiger partial charge < -0.3 is 24.9 Å². The number of hydrogen-bond donors (Lipinski definition) is 3. The minimum absolute atomic E-state index is 0.0504. The molecule has 6 nitrogen and oxygen atoms in total. The number of carbonyl (C=O) groups is 2. The highest BCUT2D eigenvalue weighted by Crippen LogP contribution is 2.70. The highest BCUT2D eigenvalue weighted by atomic mass is 16.5. The maximum absolute atomic E-state index is 12.5. The minimum Gasteiger partial charge on any atom is -0.458 e. The van der Waals surface area contributed by atoms with Crippen molar-refractivity contribution in [3.05, 3.63) is 11.6 Å². The molecule has 2 unspecified atom stereocenters. The van der Waals surface area contributed by atoms with Crippen molar-refractivity contribution in [2.45, 2.75) is 82.0 Å². The molecule has 1 heterocycles. The number of aldehydes is 1. The smallest absolute Gasteiger partial charge is 0.331 e. The van der Waals surface area contributed by atoms with Crippen molar-refractivity contribution >= 4 is 12.3 Å². The van der Waals surface area contributed by atoms with E-state index in [4.69, 9.17) is 4.74 Å². The van der Waals surface area contributed by atoms with Crippen molar-refractivity contribution in [1.82, 2.24) is 0 Å². The number of aliphatic hydroxyl groups excluding tert-OH is 1. The largest absolute Gasteiger partial charge is 0.458 e. The van der Waals surface area contributed by atoms with E-state index >= 15 is 0 Å². The van der Waals surface area contributed by atoms with Crippen LogP contribution in [0, 0.1) is 28.6 Å². The third-order valence-corrected chi connectivity index (χ3v) is 9.85. The van der Waals surface area contributed by atoms with Crippen LogP contribution in [0.5, 0.6) is 0 Å². The van der Waals surface area contributed by atoms with Crippen LogP contribution in [0.1, 0.15) is 64.7 Å². The van der Waals surface area contributed by atoms with Gasteiger partial charge in [-0.25, -0.2) is 4.79 Å². The Kier molecular flexibility index (Phi) is 4.18. The van der Waals surface area contributed by atoms with Gasteiger partial charge in [0.2, 0.25) is 0 Å². The molecular formula is C23H32O6.